The normalized spacial score (nSPS) is 14.3. The smallest absolute Gasteiger partial charge is 0.264 e. The lowest BCUT2D eigenvalue weighted by Crippen LogP contribution is -2.49. The molecule has 1 aliphatic heterocycles. The molecule has 33 heavy (non-hydrogen) atoms. The van der Waals surface area contributed by atoms with Crippen LogP contribution in [0.2, 0.25) is 0 Å². The summed E-state index contributed by atoms with van der Waals surface area (Å²) in [6.45, 7) is 8.91. The predicted molar refractivity (Wildman–Crippen MR) is 142 cm³/mol. The molecule has 1 fully saturated rings. The topological polar surface area (TPSA) is 52.3 Å². The van der Waals surface area contributed by atoms with Gasteiger partial charge in [-0.15, -0.1) is 0 Å². The first-order chi connectivity index (χ1) is 15.9. The van der Waals surface area contributed by atoms with Crippen molar-refractivity contribution in [2.75, 3.05) is 31.1 Å². The number of amides is 1. The molecule has 0 saturated carbocycles. The van der Waals surface area contributed by atoms with Crippen LogP contribution in [0.3, 0.4) is 0 Å². The zero-order chi connectivity index (χ0) is 23.5. The van der Waals surface area contributed by atoms with Crippen molar-refractivity contribution in [2.45, 2.75) is 20.8 Å². The molecule has 2 aromatic carbocycles. The van der Waals surface area contributed by atoms with Crippen molar-refractivity contribution in [3.05, 3.63) is 86.3 Å². The SMILES string of the molecule is Cc1cc(-n2c(C)cc(/C=C(\C#N)C(=O)N3CCN(c4ccccc4)CC3)c2C)ccc1I. The molecule has 1 amide bonds. The molecule has 168 valence electrons. The minimum Gasteiger partial charge on any atom is -0.368 e. The maximum atomic E-state index is 13.1. The van der Waals surface area contributed by atoms with E-state index in [1.54, 1.807) is 11.0 Å². The predicted octanol–water partition coefficient (Wildman–Crippen LogP) is 5.26. The van der Waals surface area contributed by atoms with E-state index >= 15 is 0 Å². The summed E-state index contributed by atoms with van der Waals surface area (Å²) in [7, 11) is 0. The number of para-hydroxylation sites is 1. The van der Waals surface area contributed by atoms with Gasteiger partial charge in [0.05, 0.1) is 0 Å². The van der Waals surface area contributed by atoms with Gasteiger partial charge in [-0.3, -0.25) is 4.79 Å². The van der Waals surface area contributed by atoms with E-state index in [1.807, 2.05) is 38.1 Å². The lowest BCUT2D eigenvalue weighted by molar-refractivity contribution is -0.126. The molecule has 6 heteroatoms. The highest BCUT2D eigenvalue weighted by Crippen LogP contribution is 2.25. The average molecular weight is 550 g/mol. The number of carbonyl (C=O) groups is 1. The maximum Gasteiger partial charge on any atom is 0.264 e. The fourth-order valence-corrected chi connectivity index (χ4v) is 4.71. The summed E-state index contributed by atoms with van der Waals surface area (Å²) in [5.41, 5.74) is 6.64. The van der Waals surface area contributed by atoms with E-state index in [0.717, 1.165) is 35.7 Å². The Hall–Kier alpha value is -3.05. The van der Waals surface area contributed by atoms with E-state index in [-0.39, 0.29) is 11.5 Å². The molecule has 0 spiro atoms. The summed E-state index contributed by atoms with van der Waals surface area (Å²) in [6.07, 6.45) is 1.74. The number of piperazine rings is 1. The molecular formula is C27H27IN4O. The largest absolute Gasteiger partial charge is 0.368 e. The molecule has 3 aromatic rings. The second kappa shape index (κ2) is 9.84. The number of hydrogen-bond donors (Lipinski definition) is 0. The third kappa shape index (κ3) is 4.83. The fourth-order valence-electron chi connectivity index (χ4n) is 4.37. The number of benzene rings is 2. The number of nitriles is 1. The summed E-state index contributed by atoms with van der Waals surface area (Å²) in [4.78, 5) is 17.2. The van der Waals surface area contributed by atoms with Crippen molar-refractivity contribution in [3.8, 4) is 11.8 Å². The molecule has 0 N–H and O–H groups in total. The Kier molecular flexibility index (Phi) is 6.89. The highest BCUT2D eigenvalue weighted by Gasteiger charge is 2.24. The summed E-state index contributed by atoms with van der Waals surface area (Å²) in [6, 6.07) is 20.8. The minimum absolute atomic E-state index is 0.183. The molecule has 4 rings (SSSR count). The van der Waals surface area contributed by atoms with Crippen LogP contribution < -0.4 is 4.90 Å². The third-order valence-electron chi connectivity index (χ3n) is 6.21. The molecule has 1 aliphatic rings. The molecule has 1 aromatic heterocycles. The Morgan fingerprint density at radius 2 is 1.67 bits per heavy atom. The molecule has 0 unspecified atom stereocenters. The van der Waals surface area contributed by atoms with E-state index in [2.05, 4.69) is 75.4 Å². The van der Waals surface area contributed by atoms with E-state index in [1.165, 1.54) is 14.8 Å². The maximum absolute atomic E-state index is 13.1. The van der Waals surface area contributed by atoms with Crippen LogP contribution in [0.1, 0.15) is 22.5 Å². The molecule has 0 aliphatic carbocycles. The second-order valence-corrected chi connectivity index (χ2v) is 9.54. The number of rotatable bonds is 4. The summed E-state index contributed by atoms with van der Waals surface area (Å²) in [5.74, 6) is -0.194. The van der Waals surface area contributed by atoms with E-state index < -0.39 is 0 Å². The van der Waals surface area contributed by atoms with Crippen molar-refractivity contribution in [1.29, 1.82) is 5.26 Å². The number of aryl methyl sites for hydroxylation is 2. The first kappa shape index (κ1) is 23.1. The number of nitrogens with zero attached hydrogens (tertiary/aromatic N) is 4. The van der Waals surface area contributed by atoms with Crippen LogP contribution in [0.4, 0.5) is 5.69 Å². The van der Waals surface area contributed by atoms with Crippen LogP contribution in [0.25, 0.3) is 11.8 Å². The summed E-state index contributed by atoms with van der Waals surface area (Å²) in [5, 5.41) is 9.79. The molecule has 0 radical (unpaired) electrons. The minimum atomic E-state index is -0.194. The second-order valence-electron chi connectivity index (χ2n) is 8.38. The highest BCUT2D eigenvalue weighted by atomic mass is 127. The first-order valence-corrected chi connectivity index (χ1v) is 12.1. The van der Waals surface area contributed by atoms with Crippen LogP contribution in [0.5, 0.6) is 0 Å². The quantitative estimate of drug-likeness (QED) is 0.253. The third-order valence-corrected chi connectivity index (χ3v) is 7.42. The Morgan fingerprint density at radius 3 is 2.30 bits per heavy atom. The van der Waals surface area contributed by atoms with E-state index in [0.29, 0.717) is 13.1 Å². The number of anilines is 1. The first-order valence-electron chi connectivity index (χ1n) is 11.1. The molecule has 5 nitrogen and oxygen atoms in total. The number of hydrogen-bond acceptors (Lipinski definition) is 3. The van der Waals surface area contributed by atoms with Crippen molar-refractivity contribution in [3.63, 3.8) is 0 Å². The van der Waals surface area contributed by atoms with Crippen LogP contribution in [-0.4, -0.2) is 41.6 Å². The van der Waals surface area contributed by atoms with Crippen LogP contribution >= 0.6 is 22.6 Å². The van der Waals surface area contributed by atoms with Gasteiger partial charge in [0.2, 0.25) is 0 Å². The molecule has 2 heterocycles. The van der Waals surface area contributed by atoms with Crippen molar-refractivity contribution in [2.24, 2.45) is 0 Å². The van der Waals surface area contributed by atoms with Gasteiger partial charge < -0.3 is 14.4 Å². The van der Waals surface area contributed by atoms with Gasteiger partial charge in [0.15, 0.2) is 0 Å². The van der Waals surface area contributed by atoms with E-state index in [9.17, 15) is 10.1 Å². The number of carbonyl (C=O) groups excluding carboxylic acids is 1. The van der Waals surface area contributed by atoms with Crippen molar-refractivity contribution < 1.29 is 4.79 Å². The van der Waals surface area contributed by atoms with Crippen LogP contribution in [0, 0.1) is 35.7 Å². The fraction of sp³-hybridized carbons (Fsp3) is 0.259. The number of aromatic nitrogens is 1. The molecular weight excluding hydrogens is 523 g/mol. The van der Waals surface area contributed by atoms with Gasteiger partial charge in [-0.2, -0.15) is 5.26 Å². The lowest BCUT2D eigenvalue weighted by Gasteiger charge is -2.36. The van der Waals surface area contributed by atoms with Crippen molar-refractivity contribution in [1.82, 2.24) is 9.47 Å². The molecule has 0 bridgehead atoms. The van der Waals surface area contributed by atoms with E-state index in [4.69, 9.17) is 0 Å². The summed E-state index contributed by atoms with van der Waals surface area (Å²) >= 11 is 2.34. The zero-order valence-electron chi connectivity index (χ0n) is 19.2. The van der Waals surface area contributed by atoms with Gasteiger partial charge in [0, 0.05) is 52.5 Å². The van der Waals surface area contributed by atoms with Gasteiger partial charge in [0.1, 0.15) is 11.6 Å². The Labute approximate surface area is 209 Å². The number of halogens is 1. The van der Waals surface area contributed by atoms with Gasteiger partial charge >= 0.3 is 0 Å². The Bertz CT molecular complexity index is 1250. The van der Waals surface area contributed by atoms with Gasteiger partial charge in [-0.25, -0.2) is 0 Å². The molecule has 0 atom stereocenters. The zero-order valence-corrected chi connectivity index (χ0v) is 21.3. The van der Waals surface area contributed by atoms with Gasteiger partial charge in [-0.1, -0.05) is 18.2 Å². The Morgan fingerprint density at radius 1 is 0.970 bits per heavy atom. The standard InChI is InChI=1S/C27H27IN4O/c1-19-15-25(9-10-26(19)28)32-20(2)16-22(21(32)3)17-23(18-29)27(33)31-13-11-30(12-14-31)24-7-5-4-6-8-24/h4-10,15-17H,11-14H2,1-3H3/b23-17+. The van der Waals surface area contributed by atoms with Crippen LogP contribution in [-0.2, 0) is 4.79 Å². The lowest BCUT2D eigenvalue weighted by atomic mass is 10.1. The monoisotopic (exact) mass is 550 g/mol. The molecule has 1 saturated heterocycles. The van der Waals surface area contributed by atoms with Gasteiger partial charge in [-0.05, 0) is 97.0 Å². The van der Waals surface area contributed by atoms with Gasteiger partial charge in [0.25, 0.3) is 5.91 Å². The Balaban J connectivity index is 1.54. The average Bonchev–Trinajstić information content (AvgIpc) is 3.12. The highest BCUT2D eigenvalue weighted by molar-refractivity contribution is 14.1. The summed E-state index contributed by atoms with van der Waals surface area (Å²) < 4.78 is 3.40. The van der Waals surface area contributed by atoms with Crippen molar-refractivity contribution >= 4 is 40.3 Å². The van der Waals surface area contributed by atoms with Crippen LogP contribution in [0.15, 0.2) is 60.2 Å².